The van der Waals surface area contributed by atoms with E-state index in [0.29, 0.717) is 15.4 Å². The molecule has 0 saturated heterocycles. The number of imide groups is 1. The van der Waals surface area contributed by atoms with Crippen LogP contribution in [-0.4, -0.2) is 61.4 Å². The quantitative estimate of drug-likeness (QED) is 0.704. The summed E-state index contributed by atoms with van der Waals surface area (Å²) in [6, 6.07) is 6.37. The molecule has 9 heteroatoms. The van der Waals surface area contributed by atoms with Gasteiger partial charge in [0.25, 0.3) is 17.7 Å². The van der Waals surface area contributed by atoms with Crippen LogP contribution in [0.15, 0.2) is 24.3 Å². The second-order valence-electron chi connectivity index (χ2n) is 5.49. The van der Waals surface area contributed by atoms with Gasteiger partial charge in [-0.05, 0) is 25.0 Å². The van der Waals surface area contributed by atoms with Crippen molar-refractivity contribution in [2.75, 3.05) is 19.8 Å². The Morgan fingerprint density at radius 3 is 2.17 bits per heavy atom. The number of sulfonamides is 1. The lowest BCUT2D eigenvalue weighted by atomic mass is 10.1. The number of carbonyl (C=O) groups excluding carboxylic acids is 3. The van der Waals surface area contributed by atoms with E-state index >= 15 is 0 Å². The van der Waals surface area contributed by atoms with Crippen molar-refractivity contribution in [2.45, 2.75) is 19.0 Å². The van der Waals surface area contributed by atoms with Crippen LogP contribution in [0.3, 0.4) is 0 Å². The number of nitrogens with zero attached hydrogens (tertiary/aromatic N) is 2. The Morgan fingerprint density at radius 2 is 1.71 bits per heavy atom. The molecule has 1 atom stereocenters. The van der Waals surface area contributed by atoms with Gasteiger partial charge in [-0.15, -0.1) is 0 Å². The highest BCUT2D eigenvalue weighted by atomic mass is 32.2. The highest BCUT2D eigenvalue weighted by molar-refractivity contribution is 7.88. The number of fused-ring (bicyclic) bond motifs is 1. The number of benzene rings is 1. The third-order valence-corrected chi connectivity index (χ3v) is 4.97. The normalized spacial score (nSPS) is 15.4. The average Bonchev–Trinajstić information content (AvgIpc) is 2.77. The summed E-state index contributed by atoms with van der Waals surface area (Å²) in [7, 11) is -2.84. The van der Waals surface area contributed by atoms with Crippen LogP contribution >= 0.6 is 0 Å². The molecule has 0 aliphatic carbocycles. The van der Waals surface area contributed by atoms with Crippen molar-refractivity contribution < 1.29 is 27.2 Å². The zero-order valence-corrected chi connectivity index (χ0v) is 14.0. The molecule has 1 aromatic carbocycles. The topological polar surface area (TPSA) is 91.8 Å². The molecule has 0 aromatic heterocycles. The Kier molecular flexibility index (Phi) is 5.02. The van der Waals surface area contributed by atoms with E-state index in [1.807, 2.05) is 0 Å². The summed E-state index contributed by atoms with van der Waals surface area (Å²) in [6.07, 6.45) is -1.45. The van der Waals surface area contributed by atoms with Crippen LogP contribution < -0.4 is 0 Å². The molecule has 0 bridgehead atoms. The van der Waals surface area contributed by atoms with Crippen LogP contribution in [0.4, 0.5) is 4.39 Å². The lowest BCUT2D eigenvalue weighted by Gasteiger charge is -2.18. The third kappa shape index (κ3) is 3.45. The van der Waals surface area contributed by atoms with Crippen LogP contribution in [0.5, 0.6) is 0 Å². The number of amides is 3. The summed E-state index contributed by atoms with van der Waals surface area (Å²) in [4.78, 5) is 36.9. The van der Waals surface area contributed by atoms with Crippen molar-refractivity contribution >= 4 is 27.7 Å². The number of carbonyl (C=O) groups is 3. The highest BCUT2D eigenvalue weighted by Crippen LogP contribution is 2.23. The van der Waals surface area contributed by atoms with Gasteiger partial charge in [-0.25, -0.2) is 17.1 Å². The van der Waals surface area contributed by atoms with Crippen molar-refractivity contribution in [3.63, 3.8) is 0 Å². The molecule has 0 spiro atoms. The first-order valence-electron chi connectivity index (χ1n) is 7.21. The van der Waals surface area contributed by atoms with Crippen molar-refractivity contribution in [1.29, 1.82) is 0 Å². The fourth-order valence-corrected chi connectivity index (χ4v) is 2.80. The molecule has 24 heavy (non-hydrogen) atoms. The van der Waals surface area contributed by atoms with Gasteiger partial charge in [0.15, 0.2) is 6.17 Å². The molecule has 1 heterocycles. The van der Waals surface area contributed by atoms with Crippen LogP contribution in [0.1, 0.15) is 33.6 Å². The van der Waals surface area contributed by atoms with Crippen LogP contribution in [-0.2, 0) is 14.8 Å². The van der Waals surface area contributed by atoms with Gasteiger partial charge in [0.1, 0.15) is 0 Å². The second-order valence-corrected chi connectivity index (χ2v) is 7.50. The van der Waals surface area contributed by atoms with Crippen molar-refractivity contribution in [1.82, 2.24) is 9.21 Å². The average molecular weight is 356 g/mol. The lowest BCUT2D eigenvalue weighted by Crippen LogP contribution is -2.38. The minimum absolute atomic E-state index is 0.0391. The van der Waals surface area contributed by atoms with Crippen LogP contribution in [0.25, 0.3) is 0 Å². The number of hydrogen-bond donors (Lipinski definition) is 0. The van der Waals surface area contributed by atoms with E-state index in [2.05, 4.69) is 0 Å². The zero-order valence-electron chi connectivity index (χ0n) is 13.2. The van der Waals surface area contributed by atoms with E-state index < -0.39 is 33.9 Å². The molecule has 1 aromatic rings. The first-order chi connectivity index (χ1) is 11.1. The maximum absolute atomic E-state index is 13.9. The van der Waals surface area contributed by atoms with Gasteiger partial charge < -0.3 is 0 Å². The molecule has 1 unspecified atom stereocenters. The second kappa shape index (κ2) is 6.68. The molecule has 1 aliphatic heterocycles. The summed E-state index contributed by atoms with van der Waals surface area (Å²) in [6.45, 7) is -0.0391. The van der Waals surface area contributed by atoms with Gasteiger partial charge in [0.05, 0.1) is 17.4 Å². The Balaban J connectivity index is 1.93. The number of rotatable bonds is 6. The zero-order chi connectivity index (χ0) is 18.1. The Labute approximate surface area is 139 Å². The smallest absolute Gasteiger partial charge is 0.270 e. The summed E-state index contributed by atoms with van der Waals surface area (Å²) in [5.41, 5.74) is 0.597. The Morgan fingerprint density at radius 1 is 1.21 bits per heavy atom. The molecular formula is C15H17FN2O5S. The van der Waals surface area contributed by atoms with Gasteiger partial charge in [-0.1, -0.05) is 12.1 Å². The molecule has 130 valence electrons. The summed E-state index contributed by atoms with van der Waals surface area (Å²) in [5, 5.41) is 0. The fourth-order valence-electron chi connectivity index (χ4n) is 2.36. The summed E-state index contributed by atoms with van der Waals surface area (Å²) < 4.78 is 36.6. The first-order valence-corrected chi connectivity index (χ1v) is 9.06. The van der Waals surface area contributed by atoms with E-state index in [1.165, 1.54) is 12.1 Å². The predicted octanol–water partition coefficient (Wildman–Crippen LogP) is 0.819. The molecule has 0 radical (unpaired) electrons. The van der Waals surface area contributed by atoms with E-state index in [0.717, 1.165) is 18.2 Å². The molecule has 7 nitrogen and oxygen atoms in total. The monoisotopic (exact) mass is 356 g/mol. The first kappa shape index (κ1) is 18.1. The van der Waals surface area contributed by atoms with Crippen LogP contribution in [0, 0.1) is 0 Å². The Bertz CT molecular complexity index is 758. The molecule has 0 N–H and O–H groups in total. The van der Waals surface area contributed by atoms with Gasteiger partial charge in [0, 0.05) is 13.6 Å². The maximum atomic E-state index is 13.9. The van der Waals surface area contributed by atoms with Crippen molar-refractivity contribution in [3.05, 3.63) is 35.4 Å². The van der Waals surface area contributed by atoms with Gasteiger partial charge in [-0.3, -0.25) is 19.3 Å². The molecule has 1 aliphatic rings. The van der Waals surface area contributed by atoms with Crippen LogP contribution in [0.2, 0.25) is 0 Å². The number of alkyl halides is 1. The van der Waals surface area contributed by atoms with Crippen molar-refractivity contribution in [2.24, 2.45) is 0 Å². The standard InChI is InChI=1S/C15H17FN2O5S/c1-17(24(2,22)23)15(21)12(16)8-5-9-18-13(19)10-6-3-4-7-11(10)14(18)20/h3-4,6-7,12H,5,8-9H2,1-2H3. The molecular weight excluding hydrogens is 339 g/mol. The maximum Gasteiger partial charge on any atom is 0.270 e. The summed E-state index contributed by atoms with van der Waals surface area (Å²) in [5.74, 6) is -2.07. The number of halogens is 1. The fraction of sp³-hybridized carbons (Fsp3) is 0.400. The summed E-state index contributed by atoms with van der Waals surface area (Å²) >= 11 is 0. The lowest BCUT2D eigenvalue weighted by molar-refractivity contribution is -0.130. The molecule has 0 fully saturated rings. The minimum Gasteiger partial charge on any atom is -0.274 e. The highest BCUT2D eigenvalue weighted by Gasteiger charge is 2.35. The van der Waals surface area contributed by atoms with Gasteiger partial charge >= 0.3 is 0 Å². The Hall–Kier alpha value is -2.29. The molecule has 0 saturated carbocycles. The van der Waals surface area contributed by atoms with E-state index in [-0.39, 0.29) is 19.4 Å². The van der Waals surface area contributed by atoms with E-state index in [9.17, 15) is 27.2 Å². The van der Waals surface area contributed by atoms with Crippen molar-refractivity contribution in [3.8, 4) is 0 Å². The van der Waals surface area contributed by atoms with E-state index in [4.69, 9.17) is 0 Å². The van der Waals surface area contributed by atoms with Gasteiger partial charge in [0.2, 0.25) is 10.0 Å². The SMILES string of the molecule is CN(C(=O)C(F)CCCN1C(=O)c2ccccc2C1=O)S(C)(=O)=O. The minimum atomic E-state index is -3.82. The van der Waals surface area contributed by atoms with Gasteiger partial charge in [-0.2, -0.15) is 0 Å². The molecule has 2 rings (SSSR count). The largest absolute Gasteiger partial charge is 0.274 e. The van der Waals surface area contributed by atoms with E-state index in [1.54, 1.807) is 12.1 Å². The number of hydrogen-bond acceptors (Lipinski definition) is 5. The predicted molar refractivity (Wildman–Crippen MR) is 83.6 cm³/mol. The molecule has 3 amide bonds. The third-order valence-electron chi connectivity index (χ3n) is 3.79.